The molecule has 2 amide bonds. The fourth-order valence-corrected chi connectivity index (χ4v) is 5.64. The van der Waals surface area contributed by atoms with Gasteiger partial charge in [0.25, 0.3) is 0 Å². The normalized spacial score (nSPS) is 12.1. The van der Waals surface area contributed by atoms with E-state index in [4.69, 9.17) is 9.72 Å². The molecule has 228 valence electrons. The largest absolute Gasteiger partial charge is 0.488 e. The number of aromatic nitrogens is 4. The van der Waals surface area contributed by atoms with Gasteiger partial charge in [0.15, 0.2) is 0 Å². The van der Waals surface area contributed by atoms with Gasteiger partial charge >= 0.3 is 6.09 Å². The van der Waals surface area contributed by atoms with Crippen molar-refractivity contribution in [2.24, 2.45) is 0 Å². The quantitative estimate of drug-likeness (QED) is 0.153. The third-order valence-corrected chi connectivity index (χ3v) is 7.81. The number of imidazole rings is 2. The van der Waals surface area contributed by atoms with Crippen LogP contribution in [-0.4, -0.2) is 63.6 Å². The zero-order valence-corrected chi connectivity index (χ0v) is 25.3. The third kappa shape index (κ3) is 5.96. The second-order valence-electron chi connectivity index (χ2n) is 11.0. The summed E-state index contributed by atoms with van der Waals surface area (Å²) >= 11 is 0. The van der Waals surface area contributed by atoms with Crippen molar-refractivity contribution in [2.45, 2.75) is 46.4 Å². The topological polar surface area (TPSA) is 137 Å². The minimum atomic E-state index is -0.637. The smallest absolute Gasteiger partial charge is 0.407 e. The number of amides is 2. The zero-order valence-electron chi connectivity index (χ0n) is 25.3. The third-order valence-electron chi connectivity index (χ3n) is 7.81. The second-order valence-corrected chi connectivity index (χ2v) is 11.0. The van der Waals surface area contributed by atoms with Gasteiger partial charge in [0.1, 0.15) is 30.5 Å². The molecule has 1 aliphatic rings. The Bertz CT molecular complexity index is 1830. The summed E-state index contributed by atoms with van der Waals surface area (Å²) in [5.41, 5.74) is 7.10. The maximum Gasteiger partial charge on any atom is 0.407 e. The Hall–Kier alpha value is -4.90. The SMILES string of the molecule is CCCNCc1nc2c(ccc3cc4c(cc32)OCc2cc(-c3cnc(CN(CCC)C(=O)CNC(=O)OC)[nH]3)ccc2-4)[nH]1. The first-order valence-corrected chi connectivity index (χ1v) is 15.0. The fourth-order valence-electron chi connectivity index (χ4n) is 5.64. The van der Waals surface area contributed by atoms with Crippen LogP contribution >= 0.6 is 0 Å². The highest BCUT2D eigenvalue weighted by Gasteiger charge is 2.21. The van der Waals surface area contributed by atoms with Crippen LogP contribution in [0.25, 0.3) is 44.2 Å². The van der Waals surface area contributed by atoms with E-state index in [-0.39, 0.29) is 12.5 Å². The van der Waals surface area contributed by atoms with Gasteiger partial charge in [-0.05, 0) is 65.7 Å². The number of carbonyl (C=O) groups is 2. The summed E-state index contributed by atoms with van der Waals surface area (Å²) in [6.07, 6.45) is 3.01. The summed E-state index contributed by atoms with van der Waals surface area (Å²) < 4.78 is 10.8. The van der Waals surface area contributed by atoms with Gasteiger partial charge in [-0.2, -0.15) is 0 Å². The first-order chi connectivity index (χ1) is 21.5. The molecule has 0 radical (unpaired) electrons. The van der Waals surface area contributed by atoms with Crippen LogP contribution < -0.4 is 15.4 Å². The minimum Gasteiger partial charge on any atom is -0.488 e. The van der Waals surface area contributed by atoms with E-state index in [1.54, 1.807) is 11.1 Å². The molecule has 0 aliphatic carbocycles. The van der Waals surface area contributed by atoms with Gasteiger partial charge in [-0.25, -0.2) is 14.8 Å². The molecule has 0 unspecified atom stereocenters. The number of fused-ring (bicyclic) bond motifs is 6. The zero-order chi connectivity index (χ0) is 30.6. The molecule has 6 rings (SSSR count). The van der Waals surface area contributed by atoms with Crippen molar-refractivity contribution in [3.05, 3.63) is 65.9 Å². The molecule has 0 bridgehead atoms. The number of H-pyrrole nitrogens is 2. The number of nitrogens with one attached hydrogen (secondary N) is 4. The van der Waals surface area contributed by atoms with Crippen LogP contribution in [0.3, 0.4) is 0 Å². The molecular weight excluding hydrogens is 558 g/mol. The van der Waals surface area contributed by atoms with Gasteiger partial charge in [-0.3, -0.25) is 4.79 Å². The number of carbonyl (C=O) groups excluding carboxylic acids is 2. The van der Waals surface area contributed by atoms with Gasteiger partial charge in [0.2, 0.25) is 5.91 Å². The van der Waals surface area contributed by atoms with Crippen molar-refractivity contribution < 1.29 is 19.1 Å². The van der Waals surface area contributed by atoms with E-state index in [0.717, 1.165) is 80.7 Å². The molecule has 0 fully saturated rings. The lowest BCUT2D eigenvalue weighted by Gasteiger charge is -2.22. The Morgan fingerprint density at radius 3 is 2.75 bits per heavy atom. The van der Waals surface area contributed by atoms with E-state index < -0.39 is 6.09 Å². The lowest BCUT2D eigenvalue weighted by Crippen LogP contribution is -2.40. The standard InChI is InChI=1S/C33H37N7O4/c1-4-10-34-16-29-37-26-9-7-20-13-25-23-8-6-21(12-22(23)19-44-28(25)14-24(20)32(26)39-29)27-15-35-30(38-27)18-40(11-5-2)31(41)17-36-33(42)43-3/h6-9,12-15,34H,4-5,10-11,16-19H2,1-3H3,(H,35,38)(H,36,42)(H,37,39). The van der Waals surface area contributed by atoms with Gasteiger partial charge in [0.05, 0.1) is 43.1 Å². The molecule has 2 aromatic heterocycles. The van der Waals surface area contributed by atoms with Crippen LogP contribution in [0.15, 0.2) is 48.7 Å². The predicted octanol–water partition coefficient (Wildman–Crippen LogP) is 5.26. The monoisotopic (exact) mass is 595 g/mol. The van der Waals surface area contributed by atoms with Crippen molar-refractivity contribution >= 4 is 33.8 Å². The average Bonchev–Trinajstić information content (AvgIpc) is 3.69. The average molecular weight is 596 g/mol. The van der Waals surface area contributed by atoms with Crippen LogP contribution in [0.5, 0.6) is 5.75 Å². The summed E-state index contributed by atoms with van der Waals surface area (Å²) in [7, 11) is 1.27. The molecule has 0 saturated carbocycles. The highest BCUT2D eigenvalue weighted by molar-refractivity contribution is 6.07. The molecule has 11 heteroatoms. The number of benzene rings is 3. The lowest BCUT2D eigenvalue weighted by molar-refractivity contribution is -0.130. The Kier molecular flexibility index (Phi) is 8.47. The number of rotatable bonds is 11. The molecule has 3 heterocycles. The van der Waals surface area contributed by atoms with Gasteiger partial charge in [-0.1, -0.05) is 32.0 Å². The highest BCUT2D eigenvalue weighted by Crippen LogP contribution is 2.42. The van der Waals surface area contributed by atoms with Crippen molar-refractivity contribution in [1.29, 1.82) is 0 Å². The maximum absolute atomic E-state index is 12.7. The van der Waals surface area contributed by atoms with Gasteiger partial charge in [0, 0.05) is 17.5 Å². The fraction of sp³-hybridized carbons (Fsp3) is 0.333. The first-order valence-electron chi connectivity index (χ1n) is 15.0. The lowest BCUT2D eigenvalue weighted by atomic mass is 9.92. The van der Waals surface area contributed by atoms with Crippen LogP contribution in [0.1, 0.15) is 43.9 Å². The second kappa shape index (κ2) is 12.8. The summed E-state index contributed by atoms with van der Waals surface area (Å²) in [5.74, 6) is 2.24. The number of ether oxygens (including phenoxy) is 2. The van der Waals surface area contributed by atoms with Crippen molar-refractivity contribution in [3.63, 3.8) is 0 Å². The molecule has 11 nitrogen and oxygen atoms in total. The van der Waals surface area contributed by atoms with E-state index in [1.807, 2.05) is 6.92 Å². The number of methoxy groups -OCH3 is 1. The summed E-state index contributed by atoms with van der Waals surface area (Å²) in [5, 5.41) is 8.04. The van der Waals surface area contributed by atoms with E-state index in [0.29, 0.717) is 32.1 Å². The number of nitrogens with zero attached hydrogens (tertiary/aromatic N) is 3. The van der Waals surface area contributed by atoms with Crippen LogP contribution in [0.2, 0.25) is 0 Å². The maximum atomic E-state index is 12.7. The first kappa shape index (κ1) is 29.2. The van der Waals surface area contributed by atoms with Crippen LogP contribution in [0.4, 0.5) is 4.79 Å². The molecule has 4 N–H and O–H groups in total. The van der Waals surface area contributed by atoms with E-state index >= 15 is 0 Å². The highest BCUT2D eigenvalue weighted by atomic mass is 16.5. The van der Waals surface area contributed by atoms with E-state index in [1.165, 1.54) is 7.11 Å². The summed E-state index contributed by atoms with van der Waals surface area (Å²) in [4.78, 5) is 42.0. The van der Waals surface area contributed by atoms with Gasteiger partial charge < -0.3 is 35.0 Å². The molecule has 0 saturated heterocycles. The van der Waals surface area contributed by atoms with Gasteiger partial charge in [-0.15, -0.1) is 0 Å². The molecule has 5 aromatic rings. The number of aromatic amines is 2. The summed E-state index contributed by atoms with van der Waals surface area (Å²) in [6, 6.07) is 14.9. The molecule has 3 aromatic carbocycles. The van der Waals surface area contributed by atoms with E-state index in [2.05, 4.69) is 79.7 Å². The van der Waals surface area contributed by atoms with E-state index in [9.17, 15) is 9.59 Å². The molecule has 0 atom stereocenters. The number of hydrogen-bond donors (Lipinski definition) is 4. The summed E-state index contributed by atoms with van der Waals surface area (Å²) in [6.45, 7) is 7.00. The molecular formula is C33H37N7O4. The molecule has 44 heavy (non-hydrogen) atoms. The molecule has 0 spiro atoms. The minimum absolute atomic E-state index is 0.133. The van der Waals surface area contributed by atoms with Crippen LogP contribution in [-0.2, 0) is 29.2 Å². The Balaban J connectivity index is 1.22. The van der Waals surface area contributed by atoms with Crippen molar-refractivity contribution in [1.82, 2.24) is 35.5 Å². The van der Waals surface area contributed by atoms with Crippen molar-refractivity contribution in [2.75, 3.05) is 26.7 Å². The number of hydrogen-bond acceptors (Lipinski definition) is 7. The van der Waals surface area contributed by atoms with Crippen LogP contribution in [0, 0.1) is 0 Å². The van der Waals surface area contributed by atoms with Crippen molar-refractivity contribution in [3.8, 4) is 28.1 Å². The Morgan fingerprint density at radius 1 is 1.05 bits per heavy atom. The Morgan fingerprint density at radius 2 is 1.93 bits per heavy atom. The molecule has 1 aliphatic heterocycles. The number of alkyl carbamates (subject to hydrolysis) is 1. The predicted molar refractivity (Wildman–Crippen MR) is 169 cm³/mol. The Labute approximate surface area is 255 Å².